The third-order valence-electron chi connectivity index (χ3n) is 1.90. The molecule has 1 aliphatic heterocycles. The van der Waals surface area contributed by atoms with Crippen molar-refractivity contribution >= 4 is 11.3 Å². The third-order valence-corrected chi connectivity index (χ3v) is 2.77. The number of thiazole rings is 1. The lowest BCUT2D eigenvalue weighted by molar-refractivity contribution is 0.314. The summed E-state index contributed by atoms with van der Waals surface area (Å²) >= 11 is 1.17. The molecule has 0 spiro atoms. The van der Waals surface area contributed by atoms with Crippen molar-refractivity contribution in [2.24, 2.45) is 0 Å². The van der Waals surface area contributed by atoms with Crippen LogP contribution in [-0.2, 0) is 13.0 Å². The fourth-order valence-corrected chi connectivity index (χ4v) is 2.20. The van der Waals surface area contributed by atoms with Crippen LogP contribution in [0.15, 0.2) is 0 Å². The highest BCUT2D eigenvalue weighted by atomic mass is 32.1. The number of hydrogen-bond acceptors (Lipinski definition) is 3. The van der Waals surface area contributed by atoms with Crippen LogP contribution in [0.1, 0.15) is 10.6 Å². The molecule has 2 rings (SSSR count). The lowest BCUT2D eigenvalue weighted by Crippen LogP contribution is -2.25. The van der Waals surface area contributed by atoms with Crippen molar-refractivity contribution in [3.63, 3.8) is 0 Å². The minimum atomic E-state index is -0.287. The van der Waals surface area contributed by atoms with Crippen molar-refractivity contribution in [2.45, 2.75) is 13.0 Å². The van der Waals surface area contributed by atoms with E-state index in [1.165, 1.54) is 11.3 Å². The Balaban J connectivity index is 2.34. The first-order valence-corrected chi connectivity index (χ1v) is 4.40. The second kappa shape index (κ2) is 2.53. The molecule has 0 bridgehead atoms. The van der Waals surface area contributed by atoms with Crippen LogP contribution in [0.3, 0.4) is 0 Å². The predicted molar refractivity (Wildman–Crippen MR) is 42.1 cm³/mol. The average molecular weight is 172 g/mol. The Labute approximate surface area is 68.7 Å². The number of fused-ring (bicyclic) bond motifs is 1. The van der Waals surface area contributed by atoms with Gasteiger partial charge in [0.1, 0.15) is 0 Å². The number of aromatic nitrogens is 1. The second-order valence-electron chi connectivity index (χ2n) is 2.82. The molecule has 0 radical (unpaired) electrons. The third kappa shape index (κ3) is 1.28. The molecule has 0 amide bonds. The van der Waals surface area contributed by atoms with Crippen LogP contribution in [0.4, 0.5) is 4.39 Å². The van der Waals surface area contributed by atoms with E-state index in [9.17, 15) is 4.39 Å². The maximum Gasteiger partial charge on any atom is 0.269 e. The zero-order valence-electron chi connectivity index (χ0n) is 6.30. The minimum Gasteiger partial charge on any atom is -0.301 e. The summed E-state index contributed by atoms with van der Waals surface area (Å²) in [7, 11) is 2.04. The van der Waals surface area contributed by atoms with Crippen LogP contribution in [-0.4, -0.2) is 23.5 Å². The first-order valence-electron chi connectivity index (χ1n) is 3.58. The minimum absolute atomic E-state index is 0.287. The summed E-state index contributed by atoms with van der Waals surface area (Å²) in [6.07, 6.45) is 0.895. The van der Waals surface area contributed by atoms with E-state index < -0.39 is 0 Å². The normalized spacial score (nSPS) is 18.4. The van der Waals surface area contributed by atoms with Crippen molar-refractivity contribution in [1.29, 1.82) is 0 Å². The molecule has 0 aliphatic carbocycles. The topological polar surface area (TPSA) is 16.1 Å². The van der Waals surface area contributed by atoms with Crippen LogP contribution in [0, 0.1) is 5.26 Å². The van der Waals surface area contributed by atoms with E-state index >= 15 is 0 Å². The highest BCUT2D eigenvalue weighted by molar-refractivity contribution is 7.10. The van der Waals surface area contributed by atoms with Crippen LogP contribution in [0.2, 0.25) is 0 Å². The van der Waals surface area contributed by atoms with Crippen molar-refractivity contribution < 1.29 is 4.39 Å². The lowest BCUT2D eigenvalue weighted by Gasteiger charge is -2.20. The van der Waals surface area contributed by atoms with Gasteiger partial charge in [-0.3, -0.25) is 0 Å². The van der Waals surface area contributed by atoms with Crippen molar-refractivity contribution in [3.05, 3.63) is 15.8 Å². The molecule has 1 aromatic rings. The Hall–Kier alpha value is -0.480. The molecule has 60 valence electrons. The lowest BCUT2D eigenvalue weighted by atomic mass is 10.2. The van der Waals surface area contributed by atoms with E-state index in [1.807, 2.05) is 7.05 Å². The molecule has 1 aromatic heterocycles. The van der Waals surface area contributed by atoms with Gasteiger partial charge in [-0.05, 0) is 7.05 Å². The first kappa shape index (κ1) is 7.18. The van der Waals surface area contributed by atoms with Gasteiger partial charge in [-0.15, -0.1) is 0 Å². The number of nitrogens with zero attached hydrogens (tertiary/aromatic N) is 2. The number of rotatable bonds is 0. The Morgan fingerprint density at radius 2 is 2.45 bits per heavy atom. The van der Waals surface area contributed by atoms with Crippen LogP contribution < -0.4 is 0 Å². The summed E-state index contributed by atoms with van der Waals surface area (Å²) in [6.45, 7) is 1.85. The monoisotopic (exact) mass is 172 g/mol. The Morgan fingerprint density at radius 1 is 1.64 bits per heavy atom. The molecule has 0 N–H and O–H groups in total. The Morgan fingerprint density at radius 3 is 3.27 bits per heavy atom. The summed E-state index contributed by atoms with van der Waals surface area (Å²) in [5.41, 5.74) is 0.964. The van der Waals surface area contributed by atoms with E-state index in [4.69, 9.17) is 0 Å². The molecule has 4 heteroatoms. The highest BCUT2D eigenvalue weighted by Gasteiger charge is 2.17. The maximum absolute atomic E-state index is 12.6. The molecule has 0 saturated heterocycles. The van der Waals surface area contributed by atoms with E-state index in [0.717, 1.165) is 30.1 Å². The van der Waals surface area contributed by atoms with Gasteiger partial charge < -0.3 is 4.90 Å². The summed E-state index contributed by atoms with van der Waals surface area (Å²) in [4.78, 5) is 7.09. The van der Waals surface area contributed by atoms with Gasteiger partial charge in [0.05, 0.1) is 5.69 Å². The predicted octanol–water partition coefficient (Wildman–Crippen LogP) is 1.27. The van der Waals surface area contributed by atoms with Crippen molar-refractivity contribution in [3.8, 4) is 0 Å². The number of hydrogen-bond donors (Lipinski definition) is 0. The molecular formula is C7H9FN2S. The van der Waals surface area contributed by atoms with Crippen molar-refractivity contribution in [1.82, 2.24) is 9.88 Å². The van der Waals surface area contributed by atoms with E-state index in [0.29, 0.717) is 0 Å². The summed E-state index contributed by atoms with van der Waals surface area (Å²) in [5, 5.41) is -0.287. The number of likely N-dealkylation sites (N-methyl/N-ethyl adjacent to an activating group) is 1. The molecule has 0 aromatic carbocycles. The van der Waals surface area contributed by atoms with Crippen LogP contribution >= 0.6 is 11.3 Å². The quantitative estimate of drug-likeness (QED) is 0.586. The van der Waals surface area contributed by atoms with E-state index in [-0.39, 0.29) is 5.26 Å². The molecule has 1 aliphatic rings. The van der Waals surface area contributed by atoms with Gasteiger partial charge >= 0.3 is 0 Å². The molecule has 0 fully saturated rings. The van der Waals surface area contributed by atoms with E-state index in [2.05, 4.69) is 9.88 Å². The van der Waals surface area contributed by atoms with Gasteiger partial charge in [0.15, 0.2) is 0 Å². The Kier molecular flexibility index (Phi) is 1.65. The van der Waals surface area contributed by atoms with Gasteiger partial charge in [0.25, 0.3) is 5.26 Å². The summed E-state index contributed by atoms with van der Waals surface area (Å²) in [5.74, 6) is 0. The molecule has 2 nitrogen and oxygen atoms in total. The van der Waals surface area contributed by atoms with Gasteiger partial charge in [0, 0.05) is 24.4 Å². The standard InChI is InChI=1S/C7H9FN2S/c1-10-3-2-5-6(4-10)11-7(8)9-5/h2-4H2,1H3. The molecular weight excluding hydrogens is 163 g/mol. The Bertz CT molecular complexity index is 271. The fourth-order valence-electron chi connectivity index (χ4n) is 1.29. The van der Waals surface area contributed by atoms with Gasteiger partial charge in [0.2, 0.25) is 0 Å². The van der Waals surface area contributed by atoms with Gasteiger partial charge in [-0.2, -0.15) is 4.39 Å². The second-order valence-corrected chi connectivity index (χ2v) is 3.86. The average Bonchev–Trinajstić information content (AvgIpc) is 2.27. The summed E-state index contributed by atoms with van der Waals surface area (Å²) in [6, 6.07) is 0. The first-order chi connectivity index (χ1) is 5.25. The molecule has 0 atom stereocenters. The van der Waals surface area contributed by atoms with Gasteiger partial charge in [-0.1, -0.05) is 11.3 Å². The van der Waals surface area contributed by atoms with Gasteiger partial charge in [-0.25, -0.2) is 4.98 Å². The molecule has 2 heterocycles. The molecule has 0 saturated carbocycles. The molecule has 0 unspecified atom stereocenters. The van der Waals surface area contributed by atoms with E-state index in [1.54, 1.807) is 0 Å². The maximum atomic E-state index is 12.6. The zero-order valence-corrected chi connectivity index (χ0v) is 7.12. The van der Waals surface area contributed by atoms with Crippen LogP contribution in [0.25, 0.3) is 0 Å². The van der Waals surface area contributed by atoms with Crippen molar-refractivity contribution in [2.75, 3.05) is 13.6 Å². The highest BCUT2D eigenvalue weighted by Crippen LogP contribution is 2.22. The largest absolute Gasteiger partial charge is 0.301 e. The fraction of sp³-hybridized carbons (Fsp3) is 0.571. The zero-order chi connectivity index (χ0) is 7.84. The SMILES string of the molecule is CN1CCc2nc(F)sc2C1. The number of halogens is 1. The smallest absolute Gasteiger partial charge is 0.269 e. The van der Waals surface area contributed by atoms with Crippen LogP contribution in [0.5, 0.6) is 0 Å². The summed E-state index contributed by atoms with van der Waals surface area (Å²) < 4.78 is 12.6. The molecule has 11 heavy (non-hydrogen) atoms.